The van der Waals surface area contributed by atoms with E-state index in [1.54, 1.807) is 0 Å². The number of hydrogen-bond acceptors (Lipinski definition) is 4. The van der Waals surface area contributed by atoms with E-state index in [-0.39, 0.29) is 11.9 Å². The van der Waals surface area contributed by atoms with Gasteiger partial charge in [0, 0.05) is 6.61 Å². The topological polar surface area (TPSA) is 64.8 Å². The summed E-state index contributed by atoms with van der Waals surface area (Å²) in [6.45, 7) is 1.57. The van der Waals surface area contributed by atoms with Crippen molar-refractivity contribution in [2.45, 2.75) is 18.5 Å². The summed E-state index contributed by atoms with van der Waals surface area (Å²) in [5.41, 5.74) is 5.48. The largest absolute Gasteiger partial charge is 0.379 e. The molecule has 5 nitrogen and oxygen atoms in total. The number of amides is 1. The highest BCUT2D eigenvalue weighted by Crippen LogP contribution is 2.17. The number of carbonyl (C=O) groups excluding carboxylic acids is 1. The first kappa shape index (κ1) is 7.97. The molecule has 2 N–H and O–H groups in total. The van der Waals surface area contributed by atoms with Gasteiger partial charge >= 0.3 is 0 Å². The lowest BCUT2D eigenvalue weighted by molar-refractivity contribution is -0.173. The molecule has 0 aromatic carbocycles. The van der Waals surface area contributed by atoms with Gasteiger partial charge < -0.3 is 10.5 Å². The third-order valence-corrected chi connectivity index (χ3v) is 2.16. The van der Waals surface area contributed by atoms with E-state index in [1.807, 2.05) is 0 Å². The fourth-order valence-corrected chi connectivity index (χ4v) is 1.45. The number of nitrogens with zero attached hydrogens (tertiary/aromatic N) is 1. The second-order valence-electron chi connectivity index (χ2n) is 3.08. The Hall–Kier alpha value is -0.650. The highest BCUT2D eigenvalue weighted by molar-refractivity contribution is 5.82. The van der Waals surface area contributed by atoms with Gasteiger partial charge in [0.2, 0.25) is 0 Å². The zero-order chi connectivity index (χ0) is 8.55. The molecule has 2 aliphatic heterocycles. The van der Waals surface area contributed by atoms with Crippen molar-refractivity contribution in [3.63, 3.8) is 0 Å². The van der Waals surface area contributed by atoms with Crippen LogP contribution in [0.3, 0.4) is 0 Å². The maximum absolute atomic E-state index is 11.3. The average molecular weight is 172 g/mol. The molecular formula is C7H12N2O3. The first-order valence-electron chi connectivity index (χ1n) is 4.08. The SMILES string of the molecule is N[C@@H]1CON(C2CCOC2)C1=O. The summed E-state index contributed by atoms with van der Waals surface area (Å²) in [5, 5.41) is 1.37. The smallest absolute Gasteiger partial charge is 0.265 e. The second-order valence-corrected chi connectivity index (χ2v) is 3.08. The molecule has 2 fully saturated rings. The summed E-state index contributed by atoms with van der Waals surface area (Å²) in [7, 11) is 0. The van der Waals surface area contributed by atoms with Gasteiger partial charge in [-0.25, -0.2) is 5.06 Å². The number of rotatable bonds is 1. The minimum absolute atomic E-state index is 0.0750. The average Bonchev–Trinajstić information content (AvgIpc) is 2.64. The highest BCUT2D eigenvalue weighted by atomic mass is 16.7. The summed E-state index contributed by atoms with van der Waals surface area (Å²) in [6, 6.07) is -0.406. The van der Waals surface area contributed by atoms with Crippen molar-refractivity contribution in [3.8, 4) is 0 Å². The Morgan fingerprint density at radius 3 is 2.83 bits per heavy atom. The zero-order valence-electron chi connectivity index (χ0n) is 6.73. The first-order valence-corrected chi connectivity index (χ1v) is 4.08. The third-order valence-electron chi connectivity index (χ3n) is 2.16. The fraction of sp³-hybridized carbons (Fsp3) is 0.857. The van der Waals surface area contributed by atoms with Gasteiger partial charge in [0.25, 0.3) is 5.91 Å². The minimum atomic E-state index is -0.481. The fourth-order valence-electron chi connectivity index (χ4n) is 1.45. The lowest BCUT2D eigenvalue weighted by atomic mass is 10.2. The van der Waals surface area contributed by atoms with E-state index in [1.165, 1.54) is 5.06 Å². The molecule has 2 aliphatic rings. The van der Waals surface area contributed by atoms with Crippen molar-refractivity contribution < 1.29 is 14.4 Å². The Morgan fingerprint density at radius 1 is 1.50 bits per heavy atom. The molecule has 0 aliphatic carbocycles. The van der Waals surface area contributed by atoms with Crippen LogP contribution in [0.1, 0.15) is 6.42 Å². The van der Waals surface area contributed by atoms with Crippen molar-refractivity contribution in [1.82, 2.24) is 5.06 Å². The Balaban J connectivity index is 1.99. The Bertz CT molecular complexity index is 191. The van der Waals surface area contributed by atoms with Crippen LogP contribution in [0, 0.1) is 0 Å². The van der Waals surface area contributed by atoms with E-state index in [2.05, 4.69) is 0 Å². The molecule has 1 unspecified atom stereocenters. The van der Waals surface area contributed by atoms with Crippen LogP contribution in [0.2, 0.25) is 0 Å². The van der Waals surface area contributed by atoms with Gasteiger partial charge in [-0.05, 0) is 6.42 Å². The summed E-state index contributed by atoms with van der Waals surface area (Å²) >= 11 is 0. The monoisotopic (exact) mass is 172 g/mol. The van der Waals surface area contributed by atoms with Crippen LogP contribution in [-0.4, -0.2) is 42.9 Å². The molecule has 0 aromatic rings. The van der Waals surface area contributed by atoms with E-state index in [9.17, 15) is 4.79 Å². The van der Waals surface area contributed by atoms with Gasteiger partial charge in [0.1, 0.15) is 6.04 Å². The second kappa shape index (κ2) is 3.01. The van der Waals surface area contributed by atoms with Crippen LogP contribution in [0.15, 0.2) is 0 Å². The van der Waals surface area contributed by atoms with Crippen molar-refractivity contribution in [3.05, 3.63) is 0 Å². The first-order chi connectivity index (χ1) is 5.79. The molecule has 5 heteroatoms. The van der Waals surface area contributed by atoms with Crippen molar-refractivity contribution in [2.75, 3.05) is 19.8 Å². The van der Waals surface area contributed by atoms with Crippen molar-refractivity contribution in [1.29, 1.82) is 0 Å². The van der Waals surface area contributed by atoms with E-state index < -0.39 is 6.04 Å². The predicted molar refractivity (Wildman–Crippen MR) is 40.0 cm³/mol. The van der Waals surface area contributed by atoms with Gasteiger partial charge in [-0.2, -0.15) is 0 Å². The summed E-state index contributed by atoms with van der Waals surface area (Å²) in [5.74, 6) is -0.120. The molecule has 2 atom stereocenters. The maximum atomic E-state index is 11.3. The van der Waals surface area contributed by atoms with E-state index in [4.69, 9.17) is 15.3 Å². The maximum Gasteiger partial charge on any atom is 0.265 e. The Morgan fingerprint density at radius 2 is 2.33 bits per heavy atom. The molecule has 0 radical (unpaired) electrons. The van der Waals surface area contributed by atoms with Crippen LogP contribution in [0.5, 0.6) is 0 Å². The van der Waals surface area contributed by atoms with E-state index in [0.717, 1.165) is 6.42 Å². The van der Waals surface area contributed by atoms with Gasteiger partial charge in [0.15, 0.2) is 0 Å². The summed E-state index contributed by atoms with van der Waals surface area (Å²) in [4.78, 5) is 16.5. The molecule has 0 bridgehead atoms. The van der Waals surface area contributed by atoms with Crippen LogP contribution in [0.25, 0.3) is 0 Å². The molecule has 12 heavy (non-hydrogen) atoms. The number of hydroxylamine groups is 2. The van der Waals surface area contributed by atoms with Gasteiger partial charge in [0.05, 0.1) is 19.3 Å². The molecule has 1 amide bonds. The quantitative estimate of drug-likeness (QED) is 0.544. The Labute approximate surface area is 70.4 Å². The molecule has 0 saturated carbocycles. The van der Waals surface area contributed by atoms with Crippen LogP contribution < -0.4 is 5.73 Å². The summed E-state index contributed by atoms with van der Waals surface area (Å²) < 4.78 is 5.14. The molecule has 2 rings (SSSR count). The van der Waals surface area contributed by atoms with Gasteiger partial charge in [-0.1, -0.05) is 0 Å². The van der Waals surface area contributed by atoms with Crippen LogP contribution in [0.4, 0.5) is 0 Å². The van der Waals surface area contributed by atoms with Gasteiger partial charge in [-0.3, -0.25) is 9.63 Å². The molecule has 0 aromatic heterocycles. The standard InChI is InChI=1S/C7H12N2O3/c8-6-4-12-9(7(6)10)5-1-2-11-3-5/h5-6H,1-4,8H2/t5?,6-/m1/s1. The third kappa shape index (κ3) is 1.20. The van der Waals surface area contributed by atoms with Crippen molar-refractivity contribution >= 4 is 5.91 Å². The molecule has 2 heterocycles. The molecular weight excluding hydrogens is 160 g/mol. The van der Waals surface area contributed by atoms with Crippen molar-refractivity contribution in [2.24, 2.45) is 5.73 Å². The lowest BCUT2D eigenvalue weighted by Crippen LogP contribution is -2.40. The number of ether oxygens (including phenoxy) is 1. The number of nitrogens with two attached hydrogens (primary N) is 1. The molecule has 2 saturated heterocycles. The summed E-state index contributed by atoms with van der Waals surface area (Å²) in [6.07, 6.45) is 0.846. The minimum Gasteiger partial charge on any atom is -0.379 e. The normalized spacial score (nSPS) is 36.4. The van der Waals surface area contributed by atoms with E-state index in [0.29, 0.717) is 19.8 Å². The van der Waals surface area contributed by atoms with E-state index >= 15 is 0 Å². The molecule has 0 spiro atoms. The predicted octanol–water partition coefficient (Wildman–Crippen LogP) is -1.12. The number of carbonyl (C=O) groups is 1. The highest BCUT2D eigenvalue weighted by Gasteiger charge is 2.36. The van der Waals surface area contributed by atoms with Crippen LogP contribution in [-0.2, 0) is 14.4 Å². The Kier molecular flexibility index (Phi) is 2.00. The van der Waals surface area contributed by atoms with Gasteiger partial charge in [-0.15, -0.1) is 0 Å². The number of hydrogen-bond donors (Lipinski definition) is 1. The van der Waals surface area contributed by atoms with Crippen LogP contribution >= 0.6 is 0 Å². The molecule has 68 valence electrons. The zero-order valence-corrected chi connectivity index (χ0v) is 6.73. The lowest BCUT2D eigenvalue weighted by Gasteiger charge is -2.19.